The lowest BCUT2D eigenvalue weighted by molar-refractivity contribution is 0.101. The number of hydrogen-bond acceptors (Lipinski definition) is 5. The van der Waals surface area contributed by atoms with Gasteiger partial charge in [0.25, 0.3) is 11.8 Å². The Kier molecular flexibility index (Phi) is 7.60. The molecule has 0 bridgehead atoms. The Morgan fingerprint density at radius 3 is 2.13 bits per heavy atom. The molecule has 0 heterocycles. The van der Waals surface area contributed by atoms with Crippen molar-refractivity contribution in [2.45, 2.75) is 6.92 Å². The number of carbonyl (C=O) groups excluding carboxylic acids is 3. The van der Waals surface area contributed by atoms with E-state index in [1.165, 1.54) is 24.3 Å². The van der Waals surface area contributed by atoms with Crippen LogP contribution in [0.5, 0.6) is 5.75 Å². The van der Waals surface area contributed by atoms with Gasteiger partial charge in [0.15, 0.2) is 0 Å². The van der Waals surface area contributed by atoms with Gasteiger partial charge in [0.2, 0.25) is 0 Å². The molecule has 31 heavy (non-hydrogen) atoms. The quantitative estimate of drug-likeness (QED) is 0.255. The van der Waals surface area contributed by atoms with Crippen LogP contribution >= 0.6 is 22.6 Å². The Morgan fingerprint density at radius 1 is 0.839 bits per heavy atom. The van der Waals surface area contributed by atoms with Crippen molar-refractivity contribution in [1.82, 2.24) is 0 Å². The smallest absolute Gasteiger partial charge is 0.434 e. The van der Waals surface area contributed by atoms with Crippen molar-refractivity contribution in [3.05, 3.63) is 87.5 Å². The van der Waals surface area contributed by atoms with Crippen molar-refractivity contribution in [2.24, 2.45) is 0 Å². The Morgan fingerprint density at radius 2 is 1.48 bits per heavy atom. The fraction of sp³-hybridized carbons (Fsp3) is 0.0870. The summed E-state index contributed by atoms with van der Waals surface area (Å²) in [6, 6.07) is 20.2. The van der Waals surface area contributed by atoms with Gasteiger partial charge in [0.05, 0.1) is 12.2 Å². The minimum absolute atomic E-state index is 0.212. The number of benzene rings is 3. The van der Waals surface area contributed by atoms with Gasteiger partial charge < -0.3 is 20.1 Å². The molecule has 3 aromatic carbocycles. The second kappa shape index (κ2) is 10.6. The first-order valence-corrected chi connectivity index (χ1v) is 10.5. The Hall–Kier alpha value is -3.40. The minimum atomic E-state index is -0.802. The average molecular weight is 530 g/mol. The van der Waals surface area contributed by atoms with E-state index in [9.17, 15) is 14.4 Å². The largest absolute Gasteiger partial charge is 0.513 e. The van der Waals surface area contributed by atoms with E-state index < -0.39 is 6.16 Å². The lowest BCUT2D eigenvalue weighted by atomic mass is 10.2. The van der Waals surface area contributed by atoms with Crippen molar-refractivity contribution in [1.29, 1.82) is 0 Å². The number of nitrogens with one attached hydrogen (secondary N) is 2. The zero-order chi connectivity index (χ0) is 22.2. The second-order valence-corrected chi connectivity index (χ2v) is 7.44. The summed E-state index contributed by atoms with van der Waals surface area (Å²) >= 11 is 2.11. The van der Waals surface area contributed by atoms with E-state index in [0.717, 1.165) is 3.57 Å². The zero-order valence-corrected chi connectivity index (χ0v) is 18.7. The van der Waals surface area contributed by atoms with Gasteiger partial charge in [-0.3, -0.25) is 9.59 Å². The lowest BCUT2D eigenvalue weighted by Crippen LogP contribution is -2.15. The standard InChI is InChI=1S/C23H19IN2O5/c1-2-30-23(29)31-18-12-10-15(11-13-18)21(27)25-16-6-5-7-17(14-16)26-22(28)19-8-3-4-9-20(19)24/h3-14H,2H2,1H3,(H,25,27)(H,26,28). The zero-order valence-electron chi connectivity index (χ0n) is 16.6. The van der Waals surface area contributed by atoms with E-state index in [4.69, 9.17) is 9.47 Å². The summed E-state index contributed by atoms with van der Waals surface area (Å²) in [4.78, 5) is 36.3. The molecule has 0 aromatic heterocycles. The molecule has 2 N–H and O–H groups in total. The predicted octanol–water partition coefficient (Wildman–Crippen LogP) is 5.33. The van der Waals surface area contributed by atoms with Crippen LogP contribution in [0.4, 0.5) is 16.2 Å². The van der Waals surface area contributed by atoms with E-state index in [1.54, 1.807) is 43.3 Å². The van der Waals surface area contributed by atoms with Crippen LogP contribution < -0.4 is 15.4 Å². The highest BCUT2D eigenvalue weighted by Gasteiger charge is 2.11. The first-order valence-electron chi connectivity index (χ1n) is 9.38. The minimum Gasteiger partial charge on any atom is -0.434 e. The number of halogens is 1. The average Bonchev–Trinajstić information content (AvgIpc) is 2.75. The lowest BCUT2D eigenvalue weighted by Gasteiger charge is -2.10. The van der Waals surface area contributed by atoms with E-state index in [-0.39, 0.29) is 24.2 Å². The van der Waals surface area contributed by atoms with E-state index in [1.807, 2.05) is 12.1 Å². The van der Waals surface area contributed by atoms with Crippen LogP contribution in [0.1, 0.15) is 27.6 Å². The molecule has 8 heteroatoms. The van der Waals surface area contributed by atoms with Crippen LogP contribution in [0.15, 0.2) is 72.8 Å². The molecule has 0 aliphatic carbocycles. The molecule has 0 aliphatic heterocycles. The monoisotopic (exact) mass is 530 g/mol. The molecule has 3 rings (SSSR count). The highest BCUT2D eigenvalue weighted by atomic mass is 127. The first-order chi connectivity index (χ1) is 15.0. The van der Waals surface area contributed by atoms with Crippen LogP contribution in [0.3, 0.4) is 0 Å². The molecule has 0 fully saturated rings. The number of carbonyl (C=O) groups is 3. The molecule has 0 saturated carbocycles. The summed E-state index contributed by atoms with van der Waals surface area (Å²) in [5.74, 6) is -0.301. The Labute approximate surface area is 192 Å². The molecular formula is C23H19IN2O5. The molecular weight excluding hydrogens is 511 g/mol. The number of anilines is 2. The van der Waals surface area contributed by atoms with Crippen LogP contribution in [0, 0.1) is 3.57 Å². The van der Waals surface area contributed by atoms with Crippen LogP contribution in [-0.2, 0) is 4.74 Å². The highest BCUT2D eigenvalue weighted by molar-refractivity contribution is 14.1. The van der Waals surface area contributed by atoms with E-state index >= 15 is 0 Å². The summed E-state index contributed by atoms with van der Waals surface area (Å²) in [6.45, 7) is 1.89. The van der Waals surface area contributed by atoms with Gasteiger partial charge in [-0.15, -0.1) is 0 Å². The maximum absolute atomic E-state index is 12.5. The van der Waals surface area contributed by atoms with E-state index in [0.29, 0.717) is 22.5 Å². The number of amides is 2. The maximum atomic E-state index is 12.5. The van der Waals surface area contributed by atoms with Gasteiger partial charge in [0, 0.05) is 20.5 Å². The summed E-state index contributed by atoms with van der Waals surface area (Å²) in [7, 11) is 0. The summed E-state index contributed by atoms with van der Waals surface area (Å²) < 4.78 is 10.5. The van der Waals surface area contributed by atoms with Crippen molar-refractivity contribution in [2.75, 3.05) is 17.2 Å². The summed E-state index contributed by atoms with van der Waals surface area (Å²) in [6.07, 6.45) is -0.802. The number of hydrogen-bond donors (Lipinski definition) is 2. The molecule has 158 valence electrons. The molecule has 0 saturated heterocycles. The van der Waals surface area contributed by atoms with E-state index in [2.05, 4.69) is 33.2 Å². The summed E-state index contributed by atoms with van der Waals surface area (Å²) in [5.41, 5.74) is 2.03. The third kappa shape index (κ3) is 6.29. The second-order valence-electron chi connectivity index (χ2n) is 6.28. The van der Waals surface area contributed by atoms with Crippen molar-refractivity contribution in [3.8, 4) is 5.75 Å². The molecule has 0 unspecified atom stereocenters. The van der Waals surface area contributed by atoms with Crippen LogP contribution in [-0.4, -0.2) is 24.6 Å². The highest BCUT2D eigenvalue weighted by Crippen LogP contribution is 2.19. The van der Waals surface area contributed by atoms with Crippen molar-refractivity contribution >= 4 is 51.9 Å². The number of rotatable bonds is 6. The Balaban J connectivity index is 1.64. The fourth-order valence-electron chi connectivity index (χ4n) is 2.64. The van der Waals surface area contributed by atoms with Gasteiger partial charge in [-0.05, 0) is 84.1 Å². The maximum Gasteiger partial charge on any atom is 0.513 e. The van der Waals surface area contributed by atoms with Crippen molar-refractivity contribution in [3.63, 3.8) is 0 Å². The van der Waals surface area contributed by atoms with Gasteiger partial charge in [-0.1, -0.05) is 18.2 Å². The molecule has 0 atom stereocenters. The normalized spacial score (nSPS) is 10.1. The SMILES string of the molecule is CCOC(=O)Oc1ccc(C(=O)Nc2cccc(NC(=O)c3ccccc3I)c2)cc1. The van der Waals surface area contributed by atoms with Gasteiger partial charge in [-0.2, -0.15) is 0 Å². The van der Waals surface area contributed by atoms with Gasteiger partial charge in [0.1, 0.15) is 5.75 Å². The number of ether oxygens (including phenoxy) is 2. The third-order valence-electron chi connectivity index (χ3n) is 4.08. The fourth-order valence-corrected chi connectivity index (χ4v) is 3.27. The Bertz CT molecular complexity index is 1100. The molecule has 0 spiro atoms. The van der Waals surface area contributed by atoms with Crippen LogP contribution in [0.2, 0.25) is 0 Å². The molecule has 0 aliphatic rings. The van der Waals surface area contributed by atoms with Gasteiger partial charge >= 0.3 is 6.16 Å². The molecule has 2 amide bonds. The van der Waals surface area contributed by atoms with Crippen molar-refractivity contribution < 1.29 is 23.9 Å². The molecule has 7 nitrogen and oxygen atoms in total. The first kappa shape index (κ1) is 22.3. The predicted molar refractivity (Wildman–Crippen MR) is 126 cm³/mol. The molecule has 0 radical (unpaired) electrons. The van der Waals surface area contributed by atoms with Crippen LogP contribution in [0.25, 0.3) is 0 Å². The molecule has 3 aromatic rings. The van der Waals surface area contributed by atoms with Gasteiger partial charge in [-0.25, -0.2) is 4.79 Å². The summed E-state index contributed by atoms with van der Waals surface area (Å²) in [5, 5.41) is 5.61. The third-order valence-corrected chi connectivity index (χ3v) is 5.02. The topological polar surface area (TPSA) is 93.7 Å².